The summed E-state index contributed by atoms with van der Waals surface area (Å²) in [6.45, 7) is 7.07. The maximum absolute atomic E-state index is 6.03. The van der Waals surface area contributed by atoms with E-state index in [4.69, 9.17) is 9.73 Å². The van der Waals surface area contributed by atoms with E-state index < -0.39 is 0 Å². The molecular weight excluding hydrogens is 318 g/mol. The van der Waals surface area contributed by atoms with Gasteiger partial charge in [0.2, 0.25) is 0 Å². The average molecular weight is 348 g/mol. The molecule has 2 saturated carbocycles. The van der Waals surface area contributed by atoms with Gasteiger partial charge in [0.15, 0.2) is 5.96 Å². The molecule has 3 fully saturated rings. The fraction of sp³-hybridized carbons (Fsp3) is 0.737. The Morgan fingerprint density at radius 3 is 3.04 bits per heavy atom. The zero-order valence-corrected chi connectivity index (χ0v) is 15.6. The number of guanidine groups is 1. The Morgan fingerprint density at radius 1 is 1.50 bits per heavy atom. The third-order valence-electron chi connectivity index (χ3n) is 6.31. The number of thiophene rings is 1. The van der Waals surface area contributed by atoms with Crippen molar-refractivity contribution in [1.29, 1.82) is 0 Å². The van der Waals surface area contributed by atoms with Crippen molar-refractivity contribution in [2.75, 3.05) is 19.7 Å². The van der Waals surface area contributed by atoms with Crippen LogP contribution in [-0.4, -0.2) is 37.8 Å². The van der Waals surface area contributed by atoms with Crippen LogP contribution in [0.4, 0.5) is 0 Å². The highest BCUT2D eigenvalue weighted by Crippen LogP contribution is 2.62. The molecule has 24 heavy (non-hydrogen) atoms. The lowest BCUT2D eigenvalue weighted by Gasteiger charge is -2.63. The first kappa shape index (κ1) is 16.4. The molecule has 0 bridgehead atoms. The number of nitrogens with zero attached hydrogens (tertiary/aromatic N) is 1. The van der Waals surface area contributed by atoms with E-state index in [1.54, 1.807) is 11.3 Å². The number of nitrogens with one attached hydrogen (secondary N) is 2. The fourth-order valence-electron chi connectivity index (χ4n) is 4.81. The number of hydrogen-bond donors (Lipinski definition) is 2. The smallest absolute Gasteiger partial charge is 0.191 e. The Balaban J connectivity index is 1.42. The van der Waals surface area contributed by atoms with Gasteiger partial charge in [-0.2, -0.15) is 11.3 Å². The summed E-state index contributed by atoms with van der Waals surface area (Å²) in [7, 11) is 0. The summed E-state index contributed by atoms with van der Waals surface area (Å²) in [5.41, 5.74) is 1.79. The van der Waals surface area contributed by atoms with E-state index in [9.17, 15) is 0 Å². The van der Waals surface area contributed by atoms with Crippen molar-refractivity contribution < 1.29 is 4.74 Å². The lowest BCUT2D eigenvalue weighted by molar-refractivity contribution is -0.171. The third-order valence-corrected chi connectivity index (χ3v) is 7.01. The van der Waals surface area contributed by atoms with Gasteiger partial charge >= 0.3 is 0 Å². The molecule has 4 nitrogen and oxygen atoms in total. The number of hydrogen-bond acceptors (Lipinski definition) is 3. The molecule has 5 heteroatoms. The molecule has 0 aromatic carbocycles. The van der Waals surface area contributed by atoms with Gasteiger partial charge in [0.1, 0.15) is 0 Å². The molecule has 0 amide bonds. The van der Waals surface area contributed by atoms with Crippen LogP contribution in [0.5, 0.6) is 0 Å². The van der Waals surface area contributed by atoms with E-state index in [0.717, 1.165) is 25.7 Å². The Morgan fingerprint density at radius 2 is 2.38 bits per heavy atom. The zero-order chi connectivity index (χ0) is 16.6. The summed E-state index contributed by atoms with van der Waals surface area (Å²) in [6, 6.07) is 2.76. The topological polar surface area (TPSA) is 45.7 Å². The van der Waals surface area contributed by atoms with Crippen LogP contribution in [0.25, 0.3) is 0 Å². The summed E-state index contributed by atoms with van der Waals surface area (Å²) < 4.78 is 6.03. The van der Waals surface area contributed by atoms with Crippen molar-refractivity contribution in [3.8, 4) is 0 Å². The molecule has 4 atom stereocenters. The highest BCUT2D eigenvalue weighted by molar-refractivity contribution is 7.07. The molecule has 1 aromatic heterocycles. The molecular formula is C19H29N3OS. The van der Waals surface area contributed by atoms with Crippen LogP contribution in [0.2, 0.25) is 0 Å². The van der Waals surface area contributed by atoms with Crippen LogP contribution in [0.15, 0.2) is 21.8 Å². The maximum atomic E-state index is 6.03. The van der Waals surface area contributed by atoms with E-state index in [2.05, 4.69) is 41.3 Å². The number of aliphatic imine (C=N–C) groups is 1. The van der Waals surface area contributed by atoms with E-state index >= 15 is 0 Å². The van der Waals surface area contributed by atoms with Crippen molar-refractivity contribution in [2.24, 2.45) is 16.3 Å². The summed E-state index contributed by atoms with van der Waals surface area (Å²) in [4.78, 5) is 4.89. The normalized spacial score (nSPS) is 31.9. The lowest BCUT2D eigenvalue weighted by Crippen LogP contribution is -2.72. The highest BCUT2D eigenvalue weighted by atomic mass is 32.1. The minimum Gasteiger partial charge on any atom is -0.377 e. The van der Waals surface area contributed by atoms with E-state index in [1.807, 2.05) is 0 Å². The Hall–Kier alpha value is -1.07. The molecule has 2 heterocycles. The second kappa shape index (κ2) is 6.68. The molecule has 1 aliphatic heterocycles. The van der Waals surface area contributed by atoms with E-state index in [0.29, 0.717) is 29.4 Å². The largest absolute Gasteiger partial charge is 0.377 e. The van der Waals surface area contributed by atoms with Crippen LogP contribution in [0.3, 0.4) is 0 Å². The predicted octanol–water partition coefficient (Wildman–Crippen LogP) is 3.36. The number of fused-ring (bicyclic) bond motifs is 2. The monoisotopic (exact) mass is 347 g/mol. The van der Waals surface area contributed by atoms with E-state index in [1.165, 1.54) is 31.2 Å². The first-order chi connectivity index (χ1) is 11.7. The first-order valence-electron chi connectivity index (χ1n) is 9.43. The molecule has 4 rings (SSSR count). The molecule has 3 aliphatic rings. The number of ether oxygens (including phenoxy) is 1. The maximum Gasteiger partial charge on any atom is 0.191 e. The van der Waals surface area contributed by atoms with Crippen LogP contribution < -0.4 is 10.6 Å². The molecule has 0 radical (unpaired) electrons. The second-order valence-corrected chi connectivity index (χ2v) is 8.41. The Kier molecular flexibility index (Phi) is 4.56. The standard InChI is InChI=1S/C19H29N3OS/c1-3-20-18(21-11-13(2)14-6-10-24-12-14)22-16-15-5-9-23-17(15)19(16)7-4-8-19/h6,10,12-13,15-17H,3-5,7-9,11H2,1-2H3,(H2,20,21,22). The highest BCUT2D eigenvalue weighted by Gasteiger charge is 2.66. The fourth-order valence-corrected chi connectivity index (χ4v) is 5.59. The van der Waals surface area contributed by atoms with Crippen molar-refractivity contribution in [2.45, 2.75) is 57.6 Å². The van der Waals surface area contributed by atoms with Gasteiger partial charge in [0.25, 0.3) is 0 Å². The van der Waals surface area contributed by atoms with Crippen molar-refractivity contribution in [3.05, 3.63) is 22.4 Å². The van der Waals surface area contributed by atoms with E-state index in [-0.39, 0.29) is 0 Å². The van der Waals surface area contributed by atoms with Gasteiger partial charge in [-0.3, -0.25) is 4.99 Å². The van der Waals surface area contributed by atoms with Crippen molar-refractivity contribution in [1.82, 2.24) is 10.6 Å². The molecule has 1 spiro atoms. The Bertz CT molecular complexity index is 581. The molecule has 1 saturated heterocycles. The van der Waals surface area contributed by atoms with Crippen LogP contribution >= 0.6 is 11.3 Å². The molecule has 1 aromatic rings. The van der Waals surface area contributed by atoms with Crippen LogP contribution in [0.1, 0.15) is 51.0 Å². The lowest BCUT2D eigenvalue weighted by atomic mass is 9.46. The molecule has 132 valence electrons. The quantitative estimate of drug-likeness (QED) is 0.634. The van der Waals surface area contributed by atoms with Crippen molar-refractivity contribution >= 4 is 17.3 Å². The van der Waals surface area contributed by atoms with Gasteiger partial charge in [-0.05, 0) is 48.6 Å². The minimum absolute atomic E-state index is 0.399. The second-order valence-electron chi connectivity index (χ2n) is 7.63. The van der Waals surface area contributed by atoms with Crippen LogP contribution in [-0.2, 0) is 4.74 Å². The van der Waals surface area contributed by atoms with Gasteiger partial charge in [-0.15, -0.1) is 0 Å². The van der Waals surface area contributed by atoms with Gasteiger partial charge in [-0.25, -0.2) is 0 Å². The minimum atomic E-state index is 0.399. The van der Waals surface area contributed by atoms with Gasteiger partial charge in [0.05, 0.1) is 6.10 Å². The third kappa shape index (κ3) is 2.66. The summed E-state index contributed by atoms with van der Waals surface area (Å²) in [5.74, 6) is 2.14. The number of rotatable bonds is 5. The summed E-state index contributed by atoms with van der Waals surface area (Å²) >= 11 is 1.76. The average Bonchev–Trinajstić information content (AvgIpc) is 3.18. The van der Waals surface area contributed by atoms with Gasteiger partial charge < -0.3 is 15.4 Å². The SMILES string of the molecule is CCNC(=NCC(C)c1ccsc1)NC1C2CCOC2C12CCC2. The Labute approximate surface area is 149 Å². The molecule has 4 unspecified atom stereocenters. The molecule has 2 aliphatic carbocycles. The predicted molar refractivity (Wildman–Crippen MR) is 99.8 cm³/mol. The first-order valence-corrected chi connectivity index (χ1v) is 10.4. The zero-order valence-electron chi connectivity index (χ0n) is 14.8. The van der Waals surface area contributed by atoms with Crippen LogP contribution in [0, 0.1) is 11.3 Å². The summed E-state index contributed by atoms with van der Waals surface area (Å²) in [5, 5.41) is 11.6. The summed E-state index contributed by atoms with van der Waals surface area (Å²) in [6.07, 6.45) is 5.70. The van der Waals surface area contributed by atoms with Gasteiger partial charge in [0, 0.05) is 43.0 Å². The van der Waals surface area contributed by atoms with Gasteiger partial charge in [-0.1, -0.05) is 13.3 Å². The molecule has 2 N–H and O–H groups in total. The van der Waals surface area contributed by atoms with Crippen molar-refractivity contribution in [3.63, 3.8) is 0 Å².